The fraction of sp³-hybridized carbons (Fsp3) is 0.545. The molecule has 2 heterocycles. The number of benzene rings is 1. The number of nitrogens with one attached hydrogen (secondary N) is 2. The van der Waals surface area contributed by atoms with Gasteiger partial charge in [-0.2, -0.15) is 5.10 Å². The maximum atomic E-state index is 10.9. The summed E-state index contributed by atoms with van der Waals surface area (Å²) in [6.07, 6.45) is 3.48. The lowest BCUT2D eigenvalue weighted by Gasteiger charge is -2.35. The SMILES string of the molecule is CCNC(=NCC(C)(O)c1cnn(C)c1)NCC(c1cccc(Cl)c1)N1CCOCC1.I. The maximum absolute atomic E-state index is 10.9. The summed E-state index contributed by atoms with van der Waals surface area (Å²) in [5.74, 6) is 0.659. The Labute approximate surface area is 212 Å². The van der Waals surface area contributed by atoms with Crippen molar-refractivity contribution in [2.24, 2.45) is 12.0 Å². The van der Waals surface area contributed by atoms with Gasteiger partial charge in [-0.25, -0.2) is 4.99 Å². The maximum Gasteiger partial charge on any atom is 0.191 e. The Morgan fingerprint density at radius 3 is 2.72 bits per heavy atom. The Kier molecular flexibility index (Phi) is 10.7. The van der Waals surface area contributed by atoms with Crippen LogP contribution in [0.25, 0.3) is 0 Å². The van der Waals surface area contributed by atoms with Gasteiger partial charge in [-0.1, -0.05) is 23.7 Å². The first-order chi connectivity index (χ1) is 14.9. The molecule has 32 heavy (non-hydrogen) atoms. The molecule has 0 radical (unpaired) electrons. The van der Waals surface area contributed by atoms with Crippen LogP contribution in [0.15, 0.2) is 41.7 Å². The standard InChI is InChI=1S/C22H33ClN6O2.HI/c1-4-24-21(26-16-22(2,30)18-13-27-28(3)15-18)25-14-20(29-8-10-31-11-9-29)17-6-5-7-19(23)12-17;/h5-7,12-13,15,20,30H,4,8-11,14,16H2,1-3H3,(H2,24,25,26);1H. The number of aryl methyl sites for hydroxylation is 1. The highest BCUT2D eigenvalue weighted by Crippen LogP contribution is 2.24. The second-order valence-corrected chi connectivity index (χ2v) is 8.41. The van der Waals surface area contributed by atoms with Gasteiger partial charge >= 0.3 is 0 Å². The fourth-order valence-corrected chi connectivity index (χ4v) is 3.82. The molecule has 1 fully saturated rings. The summed E-state index contributed by atoms with van der Waals surface area (Å²) < 4.78 is 7.21. The van der Waals surface area contributed by atoms with Crippen molar-refractivity contribution < 1.29 is 9.84 Å². The summed E-state index contributed by atoms with van der Waals surface area (Å²) in [7, 11) is 1.83. The zero-order chi connectivity index (χ0) is 22.3. The summed E-state index contributed by atoms with van der Waals surface area (Å²) >= 11 is 6.27. The highest BCUT2D eigenvalue weighted by molar-refractivity contribution is 14.0. The molecule has 3 N–H and O–H groups in total. The molecule has 1 aliphatic rings. The van der Waals surface area contributed by atoms with Crippen molar-refractivity contribution in [2.75, 3.05) is 45.9 Å². The first-order valence-electron chi connectivity index (χ1n) is 10.7. The monoisotopic (exact) mass is 576 g/mol. The predicted molar refractivity (Wildman–Crippen MR) is 139 cm³/mol. The Balaban J connectivity index is 0.00000363. The van der Waals surface area contributed by atoms with Crippen molar-refractivity contribution in [1.29, 1.82) is 0 Å². The predicted octanol–water partition coefficient (Wildman–Crippen LogP) is 2.53. The molecule has 1 aromatic heterocycles. The summed E-state index contributed by atoms with van der Waals surface area (Å²) in [6, 6.07) is 8.12. The van der Waals surface area contributed by atoms with Gasteiger partial charge < -0.3 is 20.5 Å². The molecule has 10 heteroatoms. The van der Waals surface area contributed by atoms with Crippen molar-refractivity contribution in [1.82, 2.24) is 25.3 Å². The van der Waals surface area contributed by atoms with Gasteiger partial charge in [0.2, 0.25) is 0 Å². The number of aromatic nitrogens is 2. The first kappa shape index (κ1) is 26.8. The van der Waals surface area contributed by atoms with E-state index < -0.39 is 5.60 Å². The highest BCUT2D eigenvalue weighted by atomic mass is 127. The van der Waals surface area contributed by atoms with E-state index in [1.54, 1.807) is 17.8 Å². The summed E-state index contributed by atoms with van der Waals surface area (Å²) in [5, 5.41) is 22.4. The van der Waals surface area contributed by atoms with E-state index in [9.17, 15) is 5.11 Å². The van der Waals surface area contributed by atoms with Gasteiger partial charge in [0, 0.05) is 50.0 Å². The highest BCUT2D eigenvalue weighted by Gasteiger charge is 2.26. The number of aliphatic hydroxyl groups is 1. The Morgan fingerprint density at radius 2 is 2.09 bits per heavy atom. The topological polar surface area (TPSA) is 86.9 Å². The number of ether oxygens (including phenoxy) is 1. The zero-order valence-electron chi connectivity index (χ0n) is 18.9. The number of guanidine groups is 1. The van der Waals surface area contributed by atoms with Crippen molar-refractivity contribution in [2.45, 2.75) is 25.5 Å². The fourth-order valence-electron chi connectivity index (χ4n) is 3.62. The van der Waals surface area contributed by atoms with Gasteiger partial charge in [-0.15, -0.1) is 24.0 Å². The minimum Gasteiger partial charge on any atom is -0.383 e. The number of hydrogen-bond donors (Lipinski definition) is 3. The Hall–Kier alpha value is -1.40. The summed E-state index contributed by atoms with van der Waals surface area (Å²) in [5.41, 5.74) is 0.785. The smallest absolute Gasteiger partial charge is 0.191 e. The minimum atomic E-state index is -1.10. The summed E-state index contributed by atoms with van der Waals surface area (Å²) in [4.78, 5) is 7.04. The number of aliphatic imine (C=N–C) groups is 1. The van der Waals surface area contributed by atoms with Crippen molar-refractivity contribution >= 4 is 41.5 Å². The molecule has 3 rings (SSSR count). The van der Waals surface area contributed by atoms with Crippen LogP contribution in [0, 0.1) is 0 Å². The molecular formula is C22H34ClIN6O2. The van der Waals surface area contributed by atoms with E-state index in [0.29, 0.717) is 12.5 Å². The Bertz CT molecular complexity index is 870. The lowest BCUT2D eigenvalue weighted by atomic mass is 10.0. The number of nitrogens with zero attached hydrogens (tertiary/aromatic N) is 4. The molecule has 0 bridgehead atoms. The van der Waals surface area contributed by atoms with Crippen LogP contribution in [0.2, 0.25) is 5.02 Å². The van der Waals surface area contributed by atoms with Gasteiger partial charge in [-0.05, 0) is 31.5 Å². The first-order valence-corrected chi connectivity index (χ1v) is 11.1. The van der Waals surface area contributed by atoms with Gasteiger partial charge in [-0.3, -0.25) is 9.58 Å². The third kappa shape index (κ3) is 7.58. The number of rotatable bonds is 8. The van der Waals surface area contributed by atoms with E-state index in [2.05, 4.69) is 31.7 Å². The van der Waals surface area contributed by atoms with Gasteiger partial charge in [0.15, 0.2) is 5.96 Å². The molecule has 1 aromatic carbocycles. The Morgan fingerprint density at radius 1 is 1.34 bits per heavy atom. The van der Waals surface area contributed by atoms with Gasteiger partial charge in [0.05, 0.1) is 32.0 Å². The van der Waals surface area contributed by atoms with E-state index in [1.165, 1.54) is 0 Å². The molecule has 0 spiro atoms. The normalized spacial score (nSPS) is 17.8. The molecule has 1 saturated heterocycles. The molecule has 0 aliphatic carbocycles. The van der Waals surface area contributed by atoms with Crippen molar-refractivity contribution in [3.8, 4) is 0 Å². The van der Waals surface area contributed by atoms with Crippen LogP contribution in [0.1, 0.15) is 31.0 Å². The average Bonchev–Trinajstić information content (AvgIpc) is 3.20. The molecule has 0 amide bonds. The van der Waals surface area contributed by atoms with Gasteiger partial charge in [0.1, 0.15) is 5.60 Å². The lowest BCUT2D eigenvalue weighted by Crippen LogP contribution is -2.46. The van der Waals surface area contributed by atoms with E-state index >= 15 is 0 Å². The number of morpholine rings is 1. The van der Waals surface area contributed by atoms with E-state index in [-0.39, 0.29) is 36.6 Å². The van der Waals surface area contributed by atoms with E-state index in [1.807, 2.05) is 38.4 Å². The molecule has 2 unspecified atom stereocenters. The molecule has 2 aromatic rings. The van der Waals surface area contributed by atoms with Crippen LogP contribution < -0.4 is 10.6 Å². The van der Waals surface area contributed by atoms with Crippen molar-refractivity contribution in [3.05, 3.63) is 52.8 Å². The summed E-state index contributed by atoms with van der Waals surface area (Å²) in [6.45, 7) is 8.53. The molecule has 2 atom stereocenters. The van der Waals surface area contributed by atoms with E-state index in [4.69, 9.17) is 16.3 Å². The molecule has 1 aliphatic heterocycles. The molecular weight excluding hydrogens is 543 g/mol. The molecule has 0 saturated carbocycles. The van der Waals surface area contributed by atoms with Crippen LogP contribution in [-0.4, -0.2) is 71.7 Å². The van der Waals surface area contributed by atoms with Crippen LogP contribution in [-0.2, 0) is 17.4 Å². The lowest BCUT2D eigenvalue weighted by molar-refractivity contribution is 0.0170. The quantitative estimate of drug-likeness (QED) is 0.254. The third-order valence-electron chi connectivity index (χ3n) is 5.40. The van der Waals surface area contributed by atoms with Crippen molar-refractivity contribution in [3.63, 3.8) is 0 Å². The van der Waals surface area contributed by atoms with E-state index in [0.717, 1.165) is 49.0 Å². The van der Waals surface area contributed by atoms with Gasteiger partial charge in [0.25, 0.3) is 0 Å². The number of halogens is 2. The van der Waals surface area contributed by atoms with Crippen LogP contribution >= 0.6 is 35.6 Å². The molecule has 8 nitrogen and oxygen atoms in total. The second-order valence-electron chi connectivity index (χ2n) is 7.97. The van der Waals surface area contributed by atoms with Crippen LogP contribution in [0.3, 0.4) is 0 Å². The second kappa shape index (κ2) is 12.7. The largest absolute Gasteiger partial charge is 0.383 e. The number of hydrogen-bond acceptors (Lipinski definition) is 5. The average molecular weight is 577 g/mol. The third-order valence-corrected chi connectivity index (χ3v) is 5.63. The zero-order valence-corrected chi connectivity index (χ0v) is 22.0. The minimum absolute atomic E-state index is 0. The van der Waals surface area contributed by atoms with Crippen LogP contribution in [0.5, 0.6) is 0 Å². The molecule has 178 valence electrons. The van der Waals surface area contributed by atoms with Crippen LogP contribution in [0.4, 0.5) is 0 Å².